The number of hydrogen-bond donors (Lipinski definition) is 1. The summed E-state index contributed by atoms with van der Waals surface area (Å²) in [5.74, 6) is 3.21. The summed E-state index contributed by atoms with van der Waals surface area (Å²) in [6.45, 7) is 7.22. The summed E-state index contributed by atoms with van der Waals surface area (Å²) in [7, 11) is 0. The van der Waals surface area contributed by atoms with Gasteiger partial charge in [0.2, 0.25) is 0 Å². The number of anilines is 3. The zero-order valence-electron chi connectivity index (χ0n) is 12.9. The van der Waals surface area contributed by atoms with Gasteiger partial charge in [-0.05, 0) is 26.0 Å². The first kappa shape index (κ1) is 14.4. The highest BCUT2D eigenvalue weighted by Gasteiger charge is 2.12. The van der Waals surface area contributed by atoms with Gasteiger partial charge in [0.05, 0.1) is 0 Å². The van der Waals surface area contributed by atoms with Gasteiger partial charge in [-0.2, -0.15) is 0 Å². The Morgan fingerprint density at radius 3 is 2.59 bits per heavy atom. The van der Waals surface area contributed by atoms with Gasteiger partial charge in [-0.1, -0.05) is 0 Å². The van der Waals surface area contributed by atoms with Crippen molar-refractivity contribution in [3.8, 4) is 11.5 Å². The van der Waals surface area contributed by atoms with Gasteiger partial charge in [-0.15, -0.1) is 0 Å². The maximum atomic E-state index is 5.59. The molecule has 0 aliphatic carbocycles. The maximum absolute atomic E-state index is 5.59. The first-order chi connectivity index (χ1) is 10.8. The molecule has 1 aromatic carbocycles. The molecule has 0 spiro atoms. The van der Waals surface area contributed by atoms with Crippen LogP contribution in [0.4, 0.5) is 17.3 Å². The third-order valence-corrected chi connectivity index (χ3v) is 3.55. The molecule has 6 nitrogen and oxygen atoms in total. The van der Waals surface area contributed by atoms with E-state index >= 15 is 0 Å². The highest BCUT2D eigenvalue weighted by Crippen LogP contribution is 2.33. The minimum atomic E-state index is 0.579. The van der Waals surface area contributed by atoms with E-state index in [2.05, 4.69) is 34.0 Å². The number of benzene rings is 1. The van der Waals surface area contributed by atoms with E-state index in [1.165, 1.54) is 0 Å². The third-order valence-electron chi connectivity index (χ3n) is 3.55. The molecular weight excluding hydrogens is 280 g/mol. The minimum absolute atomic E-state index is 0.579. The lowest BCUT2D eigenvalue weighted by molar-refractivity contribution is 0.171. The highest BCUT2D eigenvalue weighted by molar-refractivity contribution is 5.63. The Hall–Kier alpha value is -2.50. The highest BCUT2D eigenvalue weighted by atomic mass is 16.6. The van der Waals surface area contributed by atoms with E-state index in [1.807, 2.05) is 24.3 Å². The van der Waals surface area contributed by atoms with E-state index in [-0.39, 0.29) is 0 Å². The molecule has 22 heavy (non-hydrogen) atoms. The molecule has 0 bridgehead atoms. The van der Waals surface area contributed by atoms with Crippen molar-refractivity contribution in [2.75, 3.05) is 36.5 Å². The van der Waals surface area contributed by atoms with Crippen LogP contribution in [0.1, 0.15) is 13.8 Å². The van der Waals surface area contributed by atoms with Crippen molar-refractivity contribution in [3.05, 3.63) is 30.6 Å². The molecule has 0 atom stereocenters. The average Bonchev–Trinajstić information content (AvgIpc) is 2.56. The molecule has 3 rings (SSSR count). The summed E-state index contributed by atoms with van der Waals surface area (Å²) in [6.07, 6.45) is 1.58. The summed E-state index contributed by atoms with van der Waals surface area (Å²) in [4.78, 5) is 10.8. The number of fused-ring (bicyclic) bond motifs is 1. The molecule has 6 heteroatoms. The Bertz CT molecular complexity index is 644. The second-order valence-corrected chi connectivity index (χ2v) is 4.92. The van der Waals surface area contributed by atoms with Crippen LogP contribution in [0.3, 0.4) is 0 Å². The van der Waals surface area contributed by atoms with Gasteiger partial charge >= 0.3 is 0 Å². The predicted octanol–water partition coefficient (Wildman–Crippen LogP) is 2.84. The SMILES string of the molecule is CCN(CC)c1cc(Nc2ccc3c(c2)OCCO3)ncn1. The molecule has 0 radical (unpaired) electrons. The van der Waals surface area contributed by atoms with Gasteiger partial charge < -0.3 is 19.7 Å². The van der Waals surface area contributed by atoms with E-state index in [1.54, 1.807) is 6.33 Å². The zero-order chi connectivity index (χ0) is 15.4. The Morgan fingerprint density at radius 1 is 1.05 bits per heavy atom. The van der Waals surface area contributed by atoms with Gasteiger partial charge in [-0.3, -0.25) is 0 Å². The van der Waals surface area contributed by atoms with Crippen LogP contribution < -0.4 is 19.7 Å². The second kappa shape index (κ2) is 6.51. The average molecular weight is 300 g/mol. The number of aromatic nitrogens is 2. The quantitative estimate of drug-likeness (QED) is 0.916. The fourth-order valence-corrected chi connectivity index (χ4v) is 2.40. The van der Waals surface area contributed by atoms with Gasteiger partial charge in [0.1, 0.15) is 31.2 Å². The number of nitrogens with zero attached hydrogens (tertiary/aromatic N) is 3. The summed E-state index contributed by atoms with van der Waals surface area (Å²) in [5, 5.41) is 3.28. The van der Waals surface area contributed by atoms with Gasteiger partial charge in [0, 0.05) is 30.9 Å². The Kier molecular flexibility index (Phi) is 4.27. The molecule has 1 aliphatic rings. The number of ether oxygens (including phenoxy) is 2. The van der Waals surface area contributed by atoms with Gasteiger partial charge in [0.25, 0.3) is 0 Å². The normalized spacial score (nSPS) is 12.8. The Labute approximate surface area is 130 Å². The van der Waals surface area contributed by atoms with Gasteiger partial charge in [-0.25, -0.2) is 9.97 Å². The van der Waals surface area contributed by atoms with Crippen molar-refractivity contribution >= 4 is 17.3 Å². The summed E-state index contributed by atoms with van der Waals surface area (Å²) in [5.41, 5.74) is 0.911. The van der Waals surface area contributed by atoms with E-state index in [0.29, 0.717) is 13.2 Å². The molecule has 0 unspecified atom stereocenters. The second-order valence-electron chi connectivity index (χ2n) is 4.92. The maximum Gasteiger partial charge on any atom is 0.163 e. The van der Waals surface area contributed by atoms with Crippen LogP contribution in [0.15, 0.2) is 30.6 Å². The van der Waals surface area contributed by atoms with Crippen molar-refractivity contribution in [2.24, 2.45) is 0 Å². The van der Waals surface area contributed by atoms with Crippen LogP contribution in [0.25, 0.3) is 0 Å². The van der Waals surface area contributed by atoms with Gasteiger partial charge in [0.15, 0.2) is 11.5 Å². The fraction of sp³-hybridized carbons (Fsp3) is 0.375. The molecule has 2 aromatic rings. The van der Waals surface area contributed by atoms with E-state index < -0.39 is 0 Å². The minimum Gasteiger partial charge on any atom is -0.486 e. The topological polar surface area (TPSA) is 59.5 Å². The molecule has 0 saturated heterocycles. The first-order valence-electron chi connectivity index (χ1n) is 7.53. The summed E-state index contributed by atoms with van der Waals surface area (Å²) < 4.78 is 11.1. The number of nitrogens with one attached hydrogen (secondary N) is 1. The fourth-order valence-electron chi connectivity index (χ4n) is 2.40. The zero-order valence-corrected chi connectivity index (χ0v) is 12.9. The van der Waals surface area contributed by atoms with Crippen LogP contribution in [0.2, 0.25) is 0 Å². The monoisotopic (exact) mass is 300 g/mol. The molecular formula is C16H20N4O2. The lowest BCUT2D eigenvalue weighted by Crippen LogP contribution is -2.23. The molecule has 0 saturated carbocycles. The van der Waals surface area contributed by atoms with Crippen LogP contribution in [-0.2, 0) is 0 Å². The number of hydrogen-bond acceptors (Lipinski definition) is 6. The first-order valence-corrected chi connectivity index (χ1v) is 7.53. The standard InChI is InChI=1S/C16H20N4O2/c1-3-20(4-2)16-10-15(17-11-18-16)19-12-5-6-13-14(9-12)22-8-7-21-13/h5-6,9-11H,3-4,7-8H2,1-2H3,(H,17,18,19). The van der Waals surface area contributed by atoms with Crippen molar-refractivity contribution in [3.63, 3.8) is 0 Å². The predicted molar refractivity (Wildman–Crippen MR) is 86.3 cm³/mol. The van der Waals surface area contributed by atoms with Crippen molar-refractivity contribution < 1.29 is 9.47 Å². The van der Waals surface area contributed by atoms with Crippen LogP contribution in [0, 0.1) is 0 Å². The Balaban J connectivity index is 1.79. The smallest absolute Gasteiger partial charge is 0.163 e. The molecule has 1 N–H and O–H groups in total. The van der Waals surface area contributed by atoms with E-state index in [9.17, 15) is 0 Å². The molecule has 0 fully saturated rings. The summed E-state index contributed by atoms with van der Waals surface area (Å²) in [6, 6.07) is 7.73. The van der Waals surface area contributed by atoms with E-state index in [0.717, 1.165) is 41.9 Å². The van der Waals surface area contributed by atoms with Crippen molar-refractivity contribution in [1.29, 1.82) is 0 Å². The largest absolute Gasteiger partial charge is 0.486 e. The molecule has 1 aromatic heterocycles. The van der Waals surface area contributed by atoms with Crippen LogP contribution in [-0.4, -0.2) is 36.3 Å². The molecule has 116 valence electrons. The lowest BCUT2D eigenvalue weighted by atomic mass is 10.2. The van der Waals surface area contributed by atoms with Crippen LogP contribution in [0.5, 0.6) is 11.5 Å². The molecule has 0 amide bonds. The Morgan fingerprint density at radius 2 is 1.82 bits per heavy atom. The van der Waals surface area contributed by atoms with E-state index in [4.69, 9.17) is 9.47 Å². The molecule has 2 heterocycles. The lowest BCUT2D eigenvalue weighted by Gasteiger charge is -2.20. The molecule has 1 aliphatic heterocycles. The van der Waals surface area contributed by atoms with Crippen molar-refractivity contribution in [1.82, 2.24) is 9.97 Å². The third kappa shape index (κ3) is 3.05. The summed E-state index contributed by atoms with van der Waals surface area (Å²) >= 11 is 0. The van der Waals surface area contributed by atoms with Crippen molar-refractivity contribution in [2.45, 2.75) is 13.8 Å². The van der Waals surface area contributed by atoms with Crippen LogP contribution >= 0.6 is 0 Å². The number of rotatable bonds is 5.